The molecule has 1 N–H and O–H groups in total. The van der Waals surface area contributed by atoms with Crippen LogP contribution in [0.15, 0.2) is 60.8 Å². The van der Waals surface area contributed by atoms with Crippen LogP contribution in [-0.4, -0.2) is 20.0 Å². The van der Waals surface area contributed by atoms with Gasteiger partial charge in [-0.25, -0.2) is 0 Å². The third-order valence-corrected chi connectivity index (χ3v) is 3.20. The van der Waals surface area contributed by atoms with E-state index in [1.165, 1.54) is 0 Å². The zero-order chi connectivity index (χ0) is 15.9. The number of nitrogens with one attached hydrogen (secondary N) is 1. The van der Waals surface area contributed by atoms with Gasteiger partial charge in [-0.05, 0) is 48.5 Å². The summed E-state index contributed by atoms with van der Waals surface area (Å²) in [7, 11) is 3.21. The summed E-state index contributed by atoms with van der Waals surface area (Å²) in [5.74, 6) is 1.52. The number of rotatable bonds is 7. The van der Waals surface area contributed by atoms with Gasteiger partial charge < -0.3 is 14.8 Å². The van der Waals surface area contributed by atoms with Crippen LogP contribution in [0.5, 0.6) is 11.5 Å². The highest BCUT2D eigenvalue weighted by atomic mass is 16.5. The van der Waals surface area contributed by atoms with Crippen molar-refractivity contribution in [1.29, 1.82) is 0 Å². The molecule has 22 heavy (non-hydrogen) atoms. The van der Waals surface area contributed by atoms with E-state index in [-0.39, 0.29) is 12.2 Å². The molecule has 0 amide bonds. The quantitative estimate of drug-likeness (QED) is 0.787. The fourth-order valence-corrected chi connectivity index (χ4v) is 2.00. The highest BCUT2D eigenvalue weighted by molar-refractivity contribution is 5.97. The number of hydrogen-bond acceptors (Lipinski definition) is 4. The Morgan fingerprint density at radius 3 is 1.95 bits per heavy atom. The Morgan fingerprint density at radius 1 is 0.955 bits per heavy atom. The fourth-order valence-electron chi connectivity index (χ4n) is 2.00. The van der Waals surface area contributed by atoms with Gasteiger partial charge in [0.05, 0.1) is 20.6 Å². The van der Waals surface area contributed by atoms with Gasteiger partial charge in [0.1, 0.15) is 11.5 Å². The molecule has 0 atom stereocenters. The summed E-state index contributed by atoms with van der Waals surface area (Å²) in [6.45, 7) is 3.90. The molecule has 2 aromatic carbocycles. The molecule has 0 saturated heterocycles. The van der Waals surface area contributed by atoms with E-state index in [4.69, 9.17) is 9.47 Å². The lowest BCUT2D eigenvalue weighted by Crippen LogP contribution is -2.06. The first-order valence-electron chi connectivity index (χ1n) is 6.88. The summed E-state index contributed by atoms with van der Waals surface area (Å²) in [6, 6.07) is 14.5. The zero-order valence-corrected chi connectivity index (χ0v) is 12.8. The van der Waals surface area contributed by atoms with Gasteiger partial charge in [0, 0.05) is 16.9 Å². The van der Waals surface area contributed by atoms with Crippen LogP contribution in [0, 0.1) is 0 Å². The summed E-state index contributed by atoms with van der Waals surface area (Å²) < 4.78 is 10.2. The number of benzene rings is 2. The van der Waals surface area contributed by atoms with Gasteiger partial charge >= 0.3 is 0 Å². The smallest absolute Gasteiger partial charge is 0.168 e. The monoisotopic (exact) mass is 297 g/mol. The van der Waals surface area contributed by atoms with Crippen LogP contribution in [0.3, 0.4) is 0 Å². The van der Waals surface area contributed by atoms with E-state index in [0.29, 0.717) is 11.3 Å². The first-order valence-corrected chi connectivity index (χ1v) is 6.88. The number of methoxy groups -OCH3 is 2. The first kappa shape index (κ1) is 15.6. The van der Waals surface area contributed by atoms with Crippen LogP contribution >= 0.6 is 0 Å². The van der Waals surface area contributed by atoms with E-state index in [9.17, 15) is 4.79 Å². The SMILES string of the molecule is C=C(CC(=O)c1ccc(OC)cc1)Nc1ccc(OC)cc1. The molecular formula is C18H19NO3. The summed E-state index contributed by atoms with van der Waals surface area (Å²) >= 11 is 0. The number of carbonyl (C=O) groups is 1. The van der Waals surface area contributed by atoms with Crippen LogP contribution in [-0.2, 0) is 0 Å². The van der Waals surface area contributed by atoms with E-state index in [2.05, 4.69) is 11.9 Å². The standard InChI is InChI=1S/C18H19NO3/c1-13(19-15-6-10-17(22-3)11-7-15)12-18(20)14-4-8-16(21-2)9-5-14/h4-11,19H,1,12H2,2-3H3. The highest BCUT2D eigenvalue weighted by Crippen LogP contribution is 2.18. The van der Waals surface area contributed by atoms with Crippen LogP contribution in [0.2, 0.25) is 0 Å². The van der Waals surface area contributed by atoms with Crippen molar-refractivity contribution in [3.8, 4) is 11.5 Å². The molecule has 114 valence electrons. The lowest BCUT2D eigenvalue weighted by atomic mass is 10.1. The van der Waals surface area contributed by atoms with Gasteiger partial charge in [0.25, 0.3) is 0 Å². The van der Waals surface area contributed by atoms with E-state index >= 15 is 0 Å². The third-order valence-electron chi connectivity index (χ3n) is 3.20. The topological polar surface area (TPSA) is 47.6 Å². The molecule has 0 spiro atoms. The van der Waals surface area contributed by atoms with Gasteiger partial charge in [-0.3, -0.25) is 4.79 Å². The molecule has 4 nitrogen and oxygen atoms in total. The average Bonchev–Trinajstić information content (AvgIpc) is 2.55. The summed E-state index contributed by atoms with van der Waals surface area (Å²) in [5.41, 5.74) is 2.15. The second-order valence-corrected chi connectivity index (χ2v) is 4.79. The van der Waals surface area contributed by atoms with Crippen molar-refractivity contribution in [1.82, 2.24) is 0 Å². The second kappa shape index (κ2) is 7.31. The Bertz CT molecular complexity index is 645. The molecule has 0 unspecified atom stereocenters. The van der Waals surface area contributed by atoms with Crippen molar-refractivity contribution in [3.05, 3.63) is 66.4 Å². The molecule has 0 fully saturated rings. The molecule has 0 saturated carbocycles. The minimum Gasteiger partial charge on any atom is -0.497 e. The molecule has 2 aromatic rings. The number of allylic oxidation sites excluding steroid dienone is 1. The van der Waals surface area contributed by atoms with E-state index in [1.807, 2.05) is 24.3 Å². The molecule has 0 radical (unpaired) electrons. The number of hydrogen-bond donors (Lipinski definition) is 1. The predicted octanol–water partition coefficient (Wildman–Crippen LogP) is 3.90. The largest absolute Gasteiger partial charge is 0.497 e. The number of anilines is 1. The van der Waals surface area contributed by atoms with Crippen molar-refractivity contribution >= 4 is 11.5 Å². The zero-order valence-electron chi connectivity index (χ0n) is 12.8. The van der Waals surface area contributed by atoms with Crippen molar-refractivity contribution in [3.63, 3.8) is 0 Å². The summed E-state index contributed by atoms with van der Waals surface area (Å²) in [6.07, 6.45) is 0.234. The number of ether oxygens (including phenoxy) is 2. The minimum absolute atomic E-state index is 0.00802. The molecule has 0 bridgehead atoms. The lowest BCUT2D eigenvalue weighted by molar-refractivity contribution is 0.0993. The van der Waals surface area contributed by atoms with Crippen molar-refractivity contribution in [2.24, 2.45) is 0 Å². The molecule has 0 heterocycles. The first-order chi connectivity index (χ1) is 10.6. The fraction of sp³-hybridized carbons (Fsp3) is 0.167. The van der Waals surface area contributed by atoms with E-state index in [0.717, 1.165) is 17.2 Å². The van der Waals surface area contributed by atoms with Gasteiger partial charge in [-0.1, -0.05) is 6.58 Å². The third kappa shape index (κ3) is 4.12. The summed E-state index contributed by atoms with van der Waals surface area (Å²) in [5, 5.41) is 3.12. The highest BCUT2D eigenvalue weighted by Gasteiger charge is 2.08. The number of ketones is 1. The normalized spacial score (nSPS) is 9.91. The van der Waals surface area contributed by atoms with E-state index in [1.54, 1.807) is 38.5 Å². The molecule has 0 aliphatic rings. The van der Waals surface area contributed by atoms with Gasteiger partial charge in [-0.15, -0.1) is 0 Å². The van der Waals surface area contributed by atoms with E-state index < -0.39 is 0 Å². The maximum absolute atomic E-state index is 12.2. The molecule has 0 aliphatic heterocycles. The number of carbonyl (C=O) groups excluding carboxylic acids is 1. The molecule has 2 rings (SSSR count). The van der Waals surface area contributed by atoms with Crippen LogP contribution in [0.4, 0.5) is 5.69 Å². The Labute approximate surface area is 130 Å². The lowest BCUT2D eigenvalue weighted by Gasteiger charge is -2.10. The van der Waals surface area contributed by atoms with Crippen LogP contribution in [0.1, 0.15) is 16.8 Å². The predicted molar refractivity (Wildman–Crippen MR) is 87.7 cm³/mol. The van der Waals surface area contributed by atoms with Gasteiger partial charge in [0.15, 0.2) is 5.78 Å². The second-order valence-electron chi connectivity index (χ2n) is 4.79. The Balaban J connectivity index is 1.93. The van der Waals surface area contributed by atoms with Gasteiger partial charge in [-0.2, -0.15) is 0 Å². The average molecular weight is 297 g/mol. The van der Waals surface area contributed by atoms with Crippen LogP contribution in [0.25, 0.3) is 0 Å². The Morgan fingerprint density at radius 2 is 1.45 bits per heavy atom. The maximum atomic E-state index is 12.2. The number of Topliss-reactive ketones (excluding diaryl/α,β-unsaturated/α-hetero) is 1. The van der Waals surface area contributed by atoms with Crippen molar-refractivity contribution < 1.29 is 14.3 Å². The Hall–Kier alpha value is -2.75. The molecule has 0 aliphatic carbocycles. The van der Waals surface area contributed by atoms with Crippen LogP contribution < -0.4 is 14.8 Å². The summed E-state index contributed by atoms with van der Waals surface area (Å²) in [4.78, 5) is 12.2. The molecule has 0 aromatic heterocycles. The molecule has 4 heteroatoms. The molecular weight excluding hydrogens is 278 g/mol. The minimum atomic E-state index is 0.00802. The maximum Gasteiger partial charge on any atom is 0.168 e. The van der Waals surface area contributed by atoms with Gasteiger partial charge in [0.2, 0.25) is 0 Å². The Kier molecular flexibility index (Phi) is 5.20. The van der Waals surface area contributed by atoms with Crippen molar-refractivity contribution in [2.45, 2.75) is 6.42 Å². The van der Waals surface area contributed by atoms with Crippen molar-refractivity contribution in [2.75, 3.05) is 19.5 Å².